The third-order valence-electron chi connectivity index (χ3n) is 1.90. The number of nitrogens with zero attached hydrogens (tertiary/aromatic N) is 1. The van der Waals surface area contributed by atoms with Gasteiger partial charge in [-0.1, -0.05) is 12.2 Å². The summed E-state index contributed by atoms with van der Waals surface area (Å²) in [5.74, 6) is 0. The second kappa shape index (κ2) is 2.95. The lowest BCUT2D eigenvalue weighted by molar-refractivity contribution is 0.391. The third-order valence-corrected chi connectivity index (χ3v) is 3.20. The summed E-state index contributed by atoms with van der Waals surface area (Å²) in [7, 11) is -2.96. The Bertz CT molecular complexity index is 246. The number of sulfonamides is 1. The van der Waals surface area contributed by atoms with Gasteiger partial charge in [0.25, 0.3) is 0 Å². The molecule has 0 radical (unpaired) electrons. The quantitative estimate of drug-likeness (QED) is 0.547. The van der Waals surface area contributed by atoms with E-state index >= 15 is 0 Å². The van der Waals surface area contributed by atoms with Gasteiger partial charge in [0, 0.05) is 13.1 Å². The van der Waals surface area contributed by atoms with Gasteiger partial charge in [0.2, 0.25) is 10.0 Å². The maximum Gasteiger partial charge on any atom is 0.211 e. The molecule has 0 bridgehead atoms. The lowest BCUT2D eigenvalue weighted by Gasteiger charge is -2.25. The molecule has 4 heteroatoms. The number of hydrogen-bond acceptors (Lipinski definition) is 2. The normalized spacial score (nSPS) is 22.1. The second-order valence-electron chi connectivity index (χ2n) is 2.91. The maximum absolute atomic E-state index is 11.0. The van der Waals surface area contributed by atoms with Gasteiger partial charge in [0.05, 0.1) is 6.26 Å². The lowest BCUT2D eigenvalue weighted by atomic mass is 10.1. The van der Waals surface area contributed by atoms with Gasteiger partial charge in [-0.3, -0.25) is 0 Å². The SMILES string of the molecule is C=C1CCN(S(C)(=O)=O)CC1. The van der Waals surface area contributed by atoms with Crippen LogP contribution in [0, 0.1) is 0 Å². The van der Waals surface area contributed by atoms with Crippen molar-refractivity contribution < 1.29 is 8.42 Å². The van der Waals surface area contributed by atoms with Crippen LogP contribution in [0.4, 0.5) is 0 Å². The molecule has 0 amide bonds. The molecule has 1 fully saturated rings. The molecule has 0 aromatic heterocycles. The van der Waals surface area contributed by atoms with E-state index in [1.54, 1.807) is 0 Å². The minimum Gasteiger partial charge on any atom is -0.213 e. The summed E-state index contributed by atoms with van der Waals surface area (Å²) in [6, 6.07) is 0. The number of rotatable bonds is 1. The highest BCUT2D eigenvalue weighted by Gasteiger charge is 2.19. The molecule has 0 saturated carbocycles. The lowest BCUT2D eigenvalue weighted by Crippen LogP contribution is -2.35. The molecule has 1 heterocycles. The first kappa shape index (κ1) is 8.74. The molecule has 1 rings (SSSR count). The molecule has 0 aliphatic carbocycles. The molecular weight excluding hydrogens is 162 g/mol. The molecule has 1 aliphatic heterocycles. The fourth-order valence-corrected chi connectivity index (χ4v) is 1.98. The van der Waals surface area contributed by atoms with Gasteiger partial charge in [-0.05, 0) is 12.8 Å². The van der Waals surface area contributed by atoms with E-state index in [0.717, 1.165) is 18.4 Å². The van der Waals surface area contributed by atoms with E-state index in [1.807, 2.05) is 0 Å². The van der Waals surface area contributed by atoms with Crippen LogP contribution in [0.15, 0.2) is 12.2 Å². The van der Waals surface area contributed by atoms with E-state index in [2.05, 4.69) is 6.58 Å². The summed E-state index contributed by atoms with van der Waals surface area (Å²) in [4.78, 5) is 0. The molecule has 0 aromatic carbocycles. The first-order chi connectivity index (χ1) is 5.00. The first-order valence-corrected chi connectivity index (χ1v) is 5.47. The van der Waals surface area contributed by atoms with Crippen molar-refractivity contribution in [1.82, 2.24) is 4.31 Å². The molecule has 0 atom stereocenters. The molecule has 0 aromatic rings. The van der Waals surface area contributed by atoms with E-state index in [1.165, 1.54) is 10.6 Å². The Hall–Kier alpha value is -0.350. The molecule has 1 saturated heterocycles. The Morgan fingerprint density at radius 1 is 1.36 bits per heavy atom. The minimum absolute atomic E-state index is 0.609. The molecule has 3 nitrogen and oxygen atoms in total. The first-order valence-electron chi connectivity index (χ1n) is 3.62. The van der Waals surface area contributed by atoms with Crippen LogP contribution in [0.2, 0.25) is 0 Å². The highest BCUT2D eigenvalue weighted by molar-refractivity contribution is 7.88. The van der Waals surface area contributed by atoms with E-state index in [-0.39, 0.29) is 0 Å². The molecule has 1 aliphatic rings. The van der Waals surface area contributed by atoms with Crippen molar-refractivity contribution >= 4 is 10.0 Å². The molecule has 0 N–H and O–H groups in total. The third kappa shape index (κ3) is 2.31. The van der Waals surface area contributed by atoms with Crippen LogP contribution in [0.3, 0.4) is 0 Å². The summed E-state index contributed by atoms with van der Waals surface area (Å²) in [5, 5.41) is 0. The van der Waals surface area contributed by atoms with Crippen molar-refractivity contribution in [2.75, 3.05) is 19.3 Å². The topological polar surface area (TPSA) is 37.4 Å². The predicted octanol–water partition coefficient (Wildman–Crippen LogP) is 0.598. The summed E-state index contributed by atoms with van der Waals surface area (Å²) < 4.78 is 23.5. The largest absolute Gasteiger partial charge is 0.213 e. The van der Waals surface area contributed by atoms with Gasteiger partial charge >= 0.3 is 0 Å². The van der Waals surface area contributed by atoms with Crippen LogP contribution in [-0.2, 0) is 10.0 Å². The van der Waals surface area contributed by atoms with Gasteiger partial charge in [0.15, 0.2) is 0 Å². The smallest absolute Gasteiger partial charge is 0.211 e. The highest BCUT2D eigenvalue weighted by Crippen LogP contribution is 2.15. The standard InChI is InChI=1S/C7H13NO2S/c1-7-3-5-8(6-4-7)11(2,9)10/h1,3-6H2,2H3. The van der Waals surface area contributed by atoms with Gasteiger partial charge in [-0.2, -0.15) is 0 Å². The van der Waals surface area contributed by atoms with Crippen LogP contribution >= 0.6 is 0 Å². The van der Waals surface area contributed by atoms with Crippen LogP contribution in [-0.4, -0.2) is 32.1 Å². The molecule has 0 unspecified atom stereocenters. The Labute approximate surface area is 67.8 Å². The van der Waals surface area contributed by atoms with Crippen molar-refractivity contribution in [3.8, 4) is 0 Å². The van der Waals surface area contributed by atoms with Crippen LogP contribution < -0.4 is 0 Å². The minimum atomic E-state index is -2.96. The fraction of sp³-hybridized carbons (Fsp3) is 0.714. The van der Waals surface area contributed by atoms with Gasteiger partial charge in [0.1, 0.15) is 0 Å². The average molecular weight is 175 g/mol. The van der Waals surface area contributed by atoms with E-state index in [4.69, 9.17) is 0 Å². The highest BCUT2D eigenvalue weighted by atomic mass is 32.2. The zero-order valence-corrected chi connectivity index (χ0v) is 7.52. The Morgan fingerprint density at radius 2 is 1.82 bits per heavy atom. The maximum atomic E-state index is 11.0. The van der Waals surface area contributed by atoms with E-state index in [9.17, 15) is 8.42 Å². The molecule has 11 heavy (non-hydrogen) atoms. The van der Waals surface area contributed by atoms with Crippen LogP contribution in [0.5, 0.6) is 0 Å². The summed E-state index contributed by atoms with van der Waals surface area (Å²) in [6.07, 6.45) is 2.88. The van der Waals surface area contributed by atoms with Crippen LogP contribution in [0.25, 0.3) is 0 Å². The zero-order valence-electron chi connectivity index (χ0n) is 6.71. The van der Waals surface area contributed by atoms with Crippen molar-refractivity contribution in [2.24, 2.45) is 0 Å². The molecular formula is C7H13NO2S. The number of hydrogen-bond donors (Lipinski definition) is 0. The summed E-state index contributed by atoms with van der Waals surface area (Å²) in [5.41, 5.74) is 1.16. The molecule has 0 spiro atoms. The van der Waals surface area contributed by atoms with Crippen molar-refractivity contribution in [1.29, 1.82) is 0 Å². The van der Waals surface area contributed by atoms with Crippen molar-refractivity contribution in [3.63, 3.8) is 0 Å². The van der Waals surface area contributed by atoms with E-state index < -0.39 is 10.0 Å². The Kier molecular flexibility index (Phi) is 2.34. The van der Waals surface area contributed by atoms with Gasteiger partial charge < -0.3 is 0 Å². The predicted molar refractivity (Wildman–Crippen MR) is 44.8 cm³/mol. The van der Waals surface area contributed by atoms with Crippen LogP contribution in [0.1, 0.15) is 12.8 Å². The van der Waals surface area contributed by atoms with Crippen molar-refractivity contribution in [2.45, 2.75) is 12.8 Å². The molecule has 64 valence electrons. The van der Waals surface area contributed by atoms with Gasteiger partial charge in [-0.15, -0.1) is 0 Å². The summed E-state index contributed by atoms with van der Waals surface area (Å²) in [6.45, 7) is 5.03. The fourth-order valence-electron chi connectivity index (χ4n) is 1.13. The monoisotopic (exact) mass is 175 g/mol. The zero-order chi connectivity index (χ0) is 8.48. The number of piperidine rings is 1. The Balaban J connectivity index is 2.60. The van der Waals surface area contributed by atoms with E-state index in [0.29, 0.717) is 13.1 Å². The van der Waals surface area contributed by atoms with Gasteiger partial charge in [-0.25, -0.2) is 12.7 Å². The second-order valence-corrected chi connectivity index (χ2v) is 4.89. The Morgan fingerprint density at radius 3 is 2.18 bits per heavy atom. The van der Waals surface area contributed by atoms with Crippen molar-refractivity contribution in [3.05, 3.63) is 12.2 Å². The average Bonchev–Trinajstić information content (AvgIpc) is 1.86. The summed E-state index contributed by atoms with van der Waals surface area (Å²) >= 11 is 0.